The largest absolute Gasteiger partial charge is 0.227 e. The molecule has 4 nitrogen and oxygen atoms in total. The molecule has 1 saturated carbocycles. The van der Waals surface area contributed by atoms with Crippen LogP contribution < -0.4 is 4.72 Å². The van der Waals surface area contributed by atoms with Crippen molar-refractivity contribution in [2.75, 3.05) is 6.54 Å². The highest BCUT2D eigenvalue weighted by Gasteiger charge is 2.23. The van der Waals surface area contributed by atoms with Gasteiger partial charge in [0.25, 0.3) is 0 Å². The van der Waals surface area contributed by atoms with Crippen LogP contribution >= 0.6 is 0 Å². The van der Waals surface area contributed by atoms with Crippen LogP contribution in [0.2, 0.25) is 0 Å². The van der Waals surface area contributed by atoms with Gasteiger partial charge in [0.2, 0.25) is 10.0 Å². The van der Waals surface area contributed by atoms with Gasteiger partial charge in [-0.25, -0.2) is 13.1 Å². The van der Waals surface area contributed by atoms with Crippen molar-refractivity contribution in [2.45, 2.75) is 57.6 Å². The molecular formula is C13H24N2O2S. The molecular weight excluding hydrogens is 248 g/mol. The minimum atomic E-state index is -3.45. The lowest BCUT2D eigenvalue weighted by Gasteiger charge is -2.26. The molecule has 0 bridgehead atoms. The van der Waals surface area contributed by atoms with Gasteiger partial charge in [0.1, 0.15) is 0 Å². The predicted octanol–water partition coefficient (Wildman–Crippen LogP) is 2.42. The van der Waals surface area contributed by atoms with E-state index in [9.17, 15) is 8.42 Å². The Labute approximate surface area is 111 Å². The van der Waals surface area contributed by atoms with Crippen molar-refractivity contribution in [3.8, 4) is 6.07 Å². The molecule has 0 aromatic carbocycles. The number of hydrogen-bond donors (Lipinski definition) is 1. The molecule has 0 saturated heterocycles. The molecule has 1 aliphatic rings. The highest BCUT2D eigenvalue weighted by atomic mass is 32.2. The third-order valence-electron chi connectivity index (χ3n) is 3.88. The van der Waals surface area contributed by atoms with Gasteiger partial charge < -0.3 is 0 Å². The molecule has 1 N–H and O–H groups in total. The van der Waals surface area contributed by atoms with Crippen molar-refractivity contribution in [1.82, 2.24) is 4.72 Å². The Morgan fingerprint density at radius 1 is 1.33 bits per heavy atom. The van der Waals surface area contributed by atoms with Crippen LogP contribution in [0.15, 0.2) is 0 Å². The van der Waals surface area contributed by atoms with E-state index in [0.29, 0.717) is 18.9 Å². The summed E-state index contributed by atoms with van der Waals surface area (Å²) in [4.78, 5) is 0. The Bertz CT molecular complexity index is 378. The van der Waals surface area contributed by atoms with E-state index in [-0.39, 0.29) is 0 Å². The maximum absolute atomic E-state index is 11.8. The molecule has 0 heterocycles. The van der Waals surface area contributed by atoms with Crippen molar-refractivity contribution in [3.63, 3.8) is 0 Å². The average molecular weight is 272 g/mol. The zero-order chi connectivity index (χ0) is 13.6. The van der Waals surface area contributed by atoms with Gasteiger partial charge in [0, 0.05) is 6.54 Å². The second-order valence-electron chi connectivity index (χ2n) is 5.38. The van der Waals surface area contributed by atoms with E-state index in [2.05, 4.69) is 11.6 Å². The first kappa shape index (κ1) is 15.5. The summed E-state index contributed by atoms with van der Waals surface area (Å²) in [6.45, 7) is 4.47. The number of nitriles is 1. The fraction of sp³-hybridized carbons (Fsp3) is 0.923. The van der Waals surface area contributed by atoms with Crippen LogP contribution in [0.5, 0.6) is 0 Å². The Kier molecular flexibility index (Phi) is 6.10. The monoisotopic (exact) mass is 272 g/mol. The standard InChI is InChI=1S/C13H24N2O2S/c1-3-13(10-14)18(16,17)15-9-8-12-6-4-11(2)5-7-12/h11-13,15H,3-9H2,1-2H3. The Morgan fingerprint density at radius 2 is 1.94 bits per heavy atom. The molecule has 1 fully saturated rings. The van der Waals surface area contributed by atoms with Gasteiger partial charge >= 0.3 is 0 Å². The highest BCUT2D eigenvalue weighted by Crippen LogP contribution is 2.29. The molecule has 1 aliphatic carbocycles. The maximum atomic E-state index is 11.8. The smallest absolute Gasteiger partial charge is 0.214 e. The summed E-state index contributed by atoms with van der Waals surface area (Å²) in [5, 5.41) is 7.86. The molecule has 0 spiro atoms. The van der Waals surface area contributed by atoms with Crippen LogP contribution in [0, 0.1) is 23.2 Å². The van der Waals surface area contributed by atoms with Crippen LogP contribution in [-0.4, -0.2) is 20.2 Å². The first-order valence-corrected chi connectivity index (χ1v) is 8.42. The van der Waals surface area contributed by atoms with Gasteiger partial charge in [0.15, 0.2) is 5.25 Å². The lowest BCUT2D eigenvalue weighted by atomic mass is 9.81. The number of nitrogens with zero attached hydrogens (tertiary/aromatic N) is 1. The normalized spacial score (nSPS) is 26.5. The van der Waals surface area contributed by atoms with E-state index in [1.165, 1.54) is 25.7 Å². The summed E-state index contributed by atoms with van der Waals surface area (Å²) in [5.74, 6) is 1.46. The van der Waals surface area contributed by atoms with Gasteiger partial charge in [-0.1, -0.05) is 39.5 Å². The lowest BCUT2D eigenvalue weighted by molar-refractivity contribution is 0.278. The fourth-order valence-electron chi connectivity index (χ4n) is 2.50. The third kappa shape index (κ3) is 4.58. The number of rotatable bonds is 6. The topological polar surface area (TPSA) is 70.0 Å². The quantitative estimate of drug-likeness (QED) is 0.807. The summed E-state index contributed by atoms with van der Waals surface area (Å²) in [6, 6.07) is 1.84. The number of nitrogens with one attached hydrogen (secondary N) is 1. The Balaban J connectivity index is 2.31. The number of sulfonamides is 1. The fourth-order valence-corrected chi connectivity index (χ4v) is 3.68. The SMILES string of the molecule is CCC(C#N)S(=O)(=O)NCCC1CCC(C)CC1. The molecule has 0 aromatic rings. The van der Waals surface area contributed by atoms with Crippen LogP contribution in [0.3, 0.4) is 0 Å². The second kappa shape index (κ2) is 7.10. The van der Waals surface area contributed by atoms with Crippen molar-refractivity contribution < 1.29 is 8.42 Å². The molecule has 18 heavy (non-hydrogen) atoms. The van der Waals surface area contributed by atoms with Gasteiger partial charge in [-0.05, 0) is 24.7 Å². The molecule has 1 atom stereocenters. The van der Waals surface area contributed by atoms with Gasteiger partial charge in [-0.3, -0.25) is 0 Å². The lowest BCUT2D eigenvalue weighted by Crippen LogP contribution is -2.34. The van der Waals surface area contributed by atoms with Crippen molar-refractivity contribution in [1.29, 1.82) is 5.26 Å². The summed E-state index contributed by atoms with van der Waals surface area (Å²) >= 11 is 0. The zero-order valence-electron chi connectivity index (χ0n) is 11.4. The molecule has 0 amide bonds. The Morgan fingerprint density at radius 3 is 2.44 bits per heavy atom. The first-order valence-electron chi connectivity index (χ1n) is 6.87. The van der Waals surface area contributed by atoms with E-state index in [0.717, 1.165) is 12.3 Å². The van der Waals surface area contributed by atoms with E-state index in [1.54, 1.807) is 6.92 Å². The summed E-state index contributed by atoms with van der Waals surface area (Å²) in [6.07, 6.45) is 6.16. The molecule has 0 aliphatic heterocycles. The van der Waals surface area contributed by atoms with Gasteiger partial charge in [-0.2, -0.15) is 5.26 Å². The minimum absolute atomic E-state index is 0.340. The van der Waals surface area contributed by atoms with Crippen LogP contribution in [-0.2, 0) is 10.0 Å². The van der Waals surface area contributed by atoms with E-state index < -0.39 is 15.3 Å². The first-order chi connectivity index (χ1) is 8.49. The van der Waals surface area contributed by atoms with E-state index in [1.807, 2.05) is 6.07 Å². The number of hydrogen-bond acceptors (Lipinski definition) is 3. The predicted molar refractivity (Wildman–Crippen MR) is 72.4 cm³/mol. The van der Waals surface area contributed by atoms with E-state index >= 15 is 0 Å². The van der Waals surface area contributed by atoms with Crippen LogP contribution in [0.4, 0.5) is 0 Å². The molecule has 104 valence electrons. The molecule has 1 unspecified atom stereocenters. The molecule has 1 rings (SSSR count). The highest BCUT2D eigenvalue weighted by molar-refractivity contribution is 7.90. The van der Waals surface area contributed by atoms with Crippen LogP contribution in [0.25, 0.3) is 0 Å². The second-order valence-corrected chi connectivity index (χ2v) is 7.33. The Hall–Kier alpha value is -0.600. The molecule has 5 heteroatoms. The summed E-state index contributed by atoms with van der Waals surface area (Å²) < 4.78 is 26.1. The van der Waals surface area contributed by atoms with Crippen molar-refractivity contribution in [2.24, 2.45) is 11.8 Å². The molecule has 0 aromatic heterocycles. The van der Waals surface area contributed by atoms with Crippen LogP contribution in [0.1, 0.15) is 52.4 Å². The minimum Gasteiger partial charge on any atom is -0.214 e. The maximum Gasteiger partial charge on any atom is 0.227 e. The summed E-state index contributed by atoms with van der Waals surface area (Å²) in [7, 11) is -3.45. The van der Waals surface area contributed by atoms with Gasteiger partial charge in [0.05, 0.1) is 6.07 Å². The third-order valence-corrected chi connectivity index (χ3v) is 5.67. The summed E-state index contributed by atoms with van der Waals surface area (Å²) in [5.41, 5.74) is 0. The molecule has 0 radical (unpaired) electrons. The zero-order valence-corrected chi connectivity index (χ0v) is 12.2. The average Bonchev–Trinajstić information content (AvgIpc) is 2.32. The van der Waals surface area contributed by atoms with Gasteiger partial charge in [-0.15, -0.1) is 0 Å². The van der Waals surface area contributed by atoms with Crippen molar-refractivity contribution >= 4 is 10.0 Å². The van der Waals surface area contributed by atoms with Crippen molar-refractivity contribution in [3.05, 3.63) is 0 Å². The van der Waals surface area contributed by atoms with E-state index in [4.69, 9.17) is 5.26 Å².